The molecule has 8 nitrogen and oxygen atoms in total. The number of urea groups is 1. The first-order valence-electron chi connectivity index (χ1n) is 10.0. The van der Waals surface area contributed by atoms with Gasteiger partial charge >= 0.3 is 16.1 Å². The van der Waals surface area contributed by atoms with E-state index in [1.165, 1.54) is 60.7 Å². The van der Waals surface area contributed by atoms with Crippen molar-refractivity contribution in [2.75, 3.05) is 4.90 Å². The van der Waals surface area contributed by atoms with Gasteiger partial charge in [-0.15, -0.1) is 0 Å². The maximum atomic E-state index is 13.0. The number of rotatable bonds is 5. The summed E-state index contributed by atoms with van der Waals surface area (Å²) < 4.78 is 30.2. The highest BCUT2D eigenvalue weighted by atomic mass is 35.5. The molecule has 1 N–H and O–H groups in total. The van der Waals surface area contributed by atoms with E-state index in [2.05, 4.69) is 5.32 Å². The first kappa shape index (κ1) is 24.5. The molecule has 4 rings (SSSR count). The molecule has 1 aliphatic heterocycles. The smallest absolute Gasteiger partial charge is 0.339 e. The zero-order chi connectivity index (χ0) is 25.3. The number of amides is 4. The van der Waals surface area contributed by atoms with Crippen LogP contribution in [0.15, 0.2) is 77.2 Å². The zero-order valence-corrected chi connectivity index (χ0v) is 20.3. The first-order valence-corrected chi connectivity index (χ1v) is 12.2. The molecule has 0 radical (unpaired) electrons. The maximum Gasteiger partial charge on any atom is 0.339 e. The highest BCUT2D eigenvalue weighted by Gasteiger charge is 2.36. The Bertz CT molecular complexity index is 1480. The monoisotopic (exact) mass is 530 g/mol. The van der Waals surface area contributed by atoms with Crippen molar-refractivity contribution in [1.29, 1.82) is 0 Å². The number of carbonyl (C=O) groups is 3. The number of nitrogens with one attached hydrogen (secondary N) is 1. The van der Waals surface area contributed by atoms with Crippen LogP contribution in [0.2, 0.25) is 10.0 Å². The van der Waals surface area contributed by atoms with E-state index in [0.29, 0.717) is 10.6 Å². The molecule has 0 aromatic heterocycles. The van der Waals surface area contributed by atoms with Gasteiger partial charge in [0.2, 0.25) is 0 Å². The van der Waals surface area contributed by atoms with Crippen LogP contribution >= 0.6 is 23.2 Å². The summed E-state index contributed by atoms with van der Waals surface area (Å²) in [5, 5.41) is 2.45. The van der Waals surface area contributed by atoms with E-state index in [4.69, 9.17) is 27.4 Å². The highest BCUT2D eigenvalue weighted by molar-refractivity contribution is 7.87. The number of aryl methyl sites for hydroxylation is 1. The predicted molar refractivity (Wildman–Crippen MR) is 131 cm³/mol. The lowest BCUT2D eigenvalue weighted by Crippen LogP contribution is -2.54. The highest BCUT2D eigenvalue weighted by Crippen LogP contribution is 2.30. The van der Waals surface area contributed by atoms with Gasteiger partial charge in [0.25, 0.3) is 11.8 Å². The molecule has 0 atom stereocenters. The second kappa shape index (κ2) is 9.53. The molecule has 0 aliphatic carbocycles. The summed E-state index contributed by atoms with van der Waals surface area (Å²) >= 11 is 12.1. The summed E-state index contributed by atoms with van der Waals surface area (Å²) in [6.45, 7) is 1.82. The quantitative estimate of drug-likeness (QED) is 0.290. The van der Waals surface area contributed by atoms with Gasteiger partial charge in [0.1, 0.15) is 10.5 Å². The van der Waals surface area contributed by atoms with Crippen LogP contribution in [0.25, 0.3) is 6.08 Å². The molecule has 1 heterocycles. The Labute approximate surface area is 210 Å². The average Bonchev–Trinajstić information content (AvgIpc) is 2.80. The number of barbiturate groups is 1. The molecule has 178 valence electrons. The van der Waals surface area contributed by atoms with E-state index in [9.17, 15) is 22.8 Å². The third kappa shape index (κ3) is 5.22. The first-order chi connectivity index (χ1) is 16.5. The van der Waals surface area contributed by atoms with Crippen molar-refractivity contribution in [3.8, 4) is 5.75 Å². The van der Waals surface area contributed by atoms with Gasteiger partial charge in [-0.2, -0.15) is 8.42 Å². The van der Waals surface area contributed by atoms with Crippen molar-refractivity contribution in [2.24, 2.45) is 0 Å². The van der Waals surface area contributed by atoms with Gasteiger partial charge in [-0.25, -0.2) is 9.69 Å². The van der Waals surface area contributed by atoms with Crippen molar-refractivity contribution in [1.82, 2.24) is 5.32 Å². The number of anilines is 1. The van der Waals surface area contributed by atoms with Crippen molar-refractivity contribution in [2.45, 2.75) is 11.8 Å². The van der Waals surface area contributed by atoms with E-state index < -0.39 is 28.0 Å². The Kier molecular flexibility index (Phi) is 6.66. The number of hydrogen-bond donors (Lipinski definition) is 1. The van der Waals surface area contributed by atoms with Gasteiger partial charge in [0, 0.05) is 5.02 Å². The number of hydrogen-bond acceptors (Lipinski definition) is 6. The Balaban J connectivity index is 1.61. The summed E-state index contributed by atoms with van der Waals surface area (Å²) in [4.78, 5) is 38.4. The molecule has 1 saturated heterocycles. The van der Waals surface area contributed by atoms with E-state index in [-0.39, 0.29) is 26.9 Å². The van der Waals surface area contributed by atoms with E-state index in [0.717, 1.165) is 10.5 Å². The molecule has 1 aliphatic rings. The van der Waals surface area contributed by atoms with Gasteiger partial charge < -0.3 is 4.18 Å². The lowest BCUT2D eigenvalue weighted by Gasteiger charge is -2.26. The molecule has 3 aromatic carbocycles. The van der Waals surface area contributed by atoms with Crippen LogP contribution in [0.3, 0.4) is 0 Å². The number of imide groups is 2. The van der Waals surface area contributed by atoms with E-state index in [1.807, 2.05) is 6.92 Å². The Morgan fingerprint density at radius 1 is 0.914 bits per heavy atom. The van der Waals surface area contributed by atoms with Crippen molar-refractivity contribution in [3.63, 3.8) is 0 Å². The molecular weight excluding hydrogens is 515 g/mol. The Hall–Kier alpha value is -3.66. The molecule has 4 amide bonds. The molecule has 0 saturated carbocycles. The fraction of sp³-hybridized carbons (Fsp3) is 0.0417. The van der Waals surface area contributed by atoms with Crippen LogP contribution in [0.5, 0.6) is 5.75 Å². The SMILES string of the molecule is Cc1ccc(S(=O)(=O)Oc2ccc(/C=C3\C(=O)NC(=O)N(c4ccc(Cl)cc4)C3=O)cc2Cl)cc1. The fourth-order valence-corrected chi connectivity index (χ4v) is 4.54. The maximum absolute atomic E-state index is 13.0. The third-order valence-electron chi connectivity index (χ3n) is 4.96. The molecule has 3 aromatic rings. The van der Waals surface area contributed by atoms with Gasteiger partial charge in [-0.3, -0.25) is 14.9 Å². The molecule has 11 heteroatoms. The summed E-state index contributed by atoms with van der Waals surface area (Å²) in [7, 11) is -4.13. The largest absolute Gasteiger partial charge is 0.377 e. The topological polar surface area (TPSA) is 110 Å². The number of carbonyl (C=O) groups excluding carboxylic acids is 3. The van der Waals surface area contributed by atoms with Crippen molar-refractivity contribution in [3.05, 3.63) is 93.5 Å². The van der Waals surface area contributed by atoms with E-state index in [1.54, 1.807) is 12.1 Å². The molecule has 0 unspecified atom stereocenters. The third-order valence-corrected chi connectivity index (χ3v) is 6.76. The standard InChI is InChI=1S/C24H16Cl2N2O6S/c1-14-2-9-18(10-3-14)35(32,33)34-21-11-4-15(13-20(21)26)12-19-22(29)27-24(31)28(23(19)30)17-7-5-16(25)6-8-17/h2-13H,1H3,(H,27,29,31)/b19-12+. The molecule has 0 spiro atoms. The Morgan fingerprint density at radius 2 is 1.57 bits per heavy atom. The Morgan fingerprint density at radius 3 is 2.20 bits per heavy atom. The van der Waals surface area contributed by atoms with Crippen molar-refractivity contribution >= 4 is 62.9 Å². The molecule has 0 bridgehead atoms. The second-order valence-corrected chi connectivity index (χ2v) is 9.86. The lowest BCUT2D eigenvalue weighted by molar-refractivity contribution is -0.122. The minimum absolute atomic E-state index is 0.0400. The summed E-state index contributed by atoms with van der Waals surface area (Å²) in [5.74, 6) is -1.87. The van der Waals surface area contributed by atoms with Crippen molar-refractivity contribution < 1.29 is 27.0 Å². The minimum Gasteiger partial charge on any atom is -0.377 e. The second-order valence-electron chi connectivity index (χ2n) is 7.47. The summed E-state index contributed by atoms with van der Waals surface area (Å²) in [6, 6.07) is 15.2. The lowest BCUT2D eigenvalue weighted by atomic mass is 10.1. The normalized spacial score (nSPS) is 15.3. The molecule has 35 heavy (non-hydrogen) atoms. The van der Waals surface area contributed by atoms with Crippen LogP contribution in [0.4, 0.5) is 10.5 Å². The van der Waals surface area contributed by atoms with Crippen LogP contribution < -0.4 is 14.4 Å². The van der Waals surface area contributed by atoms with Gasteiger partial charge in [0.15, 0.2) is 5.75 Å². The summed E-state index contributed by atoms with van der Waals surface area (Å²) in [6.07, 6.45) is 1.23. The minimum atomic E-state index is -4.13. The van der Waals surface area contributed by atoms with Gasteiger partial charge in [0.05, 0.1) is 10.7 Å². The zero-order valence-electron chi connectivity index (χ0n) is 18.0. The average molecular weight is 531 g/mol. The molecule has 1 fully saturated rings. The van der Waals surface area contributed by atoms with E-state index >= 15 is 0 Å². The molecular formula is C24H16Cl2N2O6S. The van der Waals surface area contributed by atoms with Crippen LogP contribution in [0.1, 0.15) is 11.1 Å². The number of nitrogens with zero attached hydrogens (tertiary/aromatic N) is 1. The number of halogens is 2. The van der Waals surface area contributed by atoms with Crippen LogP contribution in [-0.4, -0.2) is 26.3 Å². The van der Waals surface area contributed by atoms with Gasteiger partial charge in [-0.1, -0.05) is 47.0 Å². The van der Waals surface area contributed by atoms with Gasteiger partial charge in [-0.05, 0) is 67.1 Å². The summed E-state index contributed by atoms with van der Waals surface area (Å²) in [5.41, 5.74) is 1.09. The number of benzene rings is 3. The predicted octanol–water partition coefficient (Wildman–Crippen LogP) is 4.74. The fourth-order valence-electron chi connectivity index (χ4n) is 3.19. The van der Waals surface area contributed by atoms with Crippen LogP contribution in [0, 0.1) is 6.92 Å². The van der Waals surface area contributed by atoms with Crippen LogP contribution in [-0.2, 0) is 19.7 Å².